The molecule has 1 heterocycles. The minimum absolute atomic E-state index is 0.0254. The molecule has 24 heavy (non-hydrogen) atoms. The quantitative estimate of drug-likeness (QED) is 0.729. The van der Waals surface area contributed by atoms with Gasteiger partial charge in [-0.25, -0.2) is 4.79 Å². The minimum atomic E-state index is -0.876. The lowest BCUT2D eigenvalue weighted by molar-refractivity contribution is -0.145. The molecule has 3 aromatic rings. The number of esters is 1. The van der Waals surface area contributed by atoms with Gasteiger partial charge in [0.25, 0.3) is 0 Å². The number of nitrogens with zero attached hydrogens (tertiary/aromatic N) is 1. The standard InChI is InChI=1S/C18H16N2O4/c1-23-18(22)17(19-16(21)11-15-8-9-24-20-15)14-7-6-12-4-2-3-5-13(12)10-14/h2-10,17H,11H2,1H3,(H,19,21)/t17-/m0/s1. The zero-order valence-electron chi connectivity index (χ0n) is 13.1. The molecule has 0 aliphatic heterocycles. The maximum atomic E-state index is 12.2. The van der Waals surface area contributed by atoms with Gasteiger partial charge in [-0.3, -0.25) is 4.79 Å². The number of nitrogens with one attached hydrogen (secondary N) is 1. The molecule has 0 aliphatic rings. The number of hydrogen-bond acceptors (Lipinski definition) is 5. The molecule has 122 valence electrons. The number of fused-ring (bicyclic) bond motifs is 1. The summed E-state index contributed by atoms with van der Waals surface area (Å²) in [7, 11) is 1.29. The van der Waals surface area contributed by atoms with Crippen molar-refractivity contribution in [2.45, 2.75) is 12.5 Å². The number of ether oxygens (including phenoxy) is 1. The molecular weight excluding hydrogens is 308 g/mol. The van der Waals surface area contributed by atoms with Crippen LogP contribution in [0.4, 0.5) is 0 Å². The summed E-state index contributed by atoms with van der Waals surface area (Å²) < 4.78 is 9.53. The number of amides is 1. The fourth-order valence-electron chi connectivity index (χ4n) is 2.49. The Hall–Kier alpha value is -3.15. The van der Waals surface area contributed by atoms with Crippen LogP contribution in [0.15, 0.2) is 59.3 Å². The number of carbonyl (C=O) groups excluding carboxylic acids is 2. The van der Waals surface area contributed by atoms with E-state index in [4.69, 9.17) is 9.26 Å². The third kappa shape index (κ3) is 3.43. The zero-order valence-corrected chi connectivity index (χ0v) is 13.1. The highest BCUT2D eigenvalue weighted by molar-refractivity contribution is 5.89. The van der Waals surface area contributed by atoms with Gasteiger partial charge < -0.3 is 14.6 Å². The average molecular weight is 324 g/mol. The number of aromatic nitrogens is 1. The van der Waals surface area contributed by atoms with Gasteiger partial charge in [-0.2, -0.15) is 0 Å². The summed E-state index contributed by atoms with van der Waals surface area (Å²) >= 11 is 0. The van der Waals surface area contributed by atoms with E-state index >= 15 is 0 Å². The third-order valence-corrected chi connectivity index (χ3v) is 3.68. The first-order valence-electron chi connectivity index (χ1n) is 7.42. The molecule has 0 bridgehead atoms. The van der Waals surface area contributed by atoms with Crippen molar-refractivity contribution < 1.29 is 18.8 Å². The molecule has 0 unspecified atom stereocenters. The fourth-order valence-corrected chi connectivity index (χ4v) is 2.49. The van der Waals surface area contributed by atoms with Crippen LogP contribution in [0, 0.1) is 0 Å². The lowest BCUT2D eigenvalue weighted by Gasteiger charge is -2.17. The van der Waals surface area contributed by atoms with Gasteiger partial charge in [0.15, 0.2) is 6.04 Å². The van der Waals surface area contributed by atoms with E-state index in [1.54, 1.807) is 12.1 Å². The highest BCUT2D eigenvalue weighted by atomic mass is 16.5. The van der Waals surface area contributed by atoms with E-state index in [0.717, 1.165) is 10.8 Å². The minimum Gasteiger partial charge on any atom is -0.467 e. The van der Waals surface area contributed by atoms with Gasteiger partial charge in [0, 0.05) is 6.07 Å². The smallest absolute Gasteiger partial charge is 0.333 e. The van der Waals surface area contributed by atoms with E-state index in [-0.39, 0.29) is 12.3 Å². The number of rotatable bonds is 5. The zero-order chi connectivity index (χ0) is 16.9. The van der Waals surface area contributed by atoms with Crippen molar-refractivity contribution in [3.8, 4) is 0 Å². The van der Waals surface area contributed by atoms with Gasteiger partial charge in [-0.05, 0) is 22.4 Å². The van der Waals surface area contributed by atoms with Crippen LogP contribution in [-0.4, -0.2) is 24.1 Å². The molecule has 6 nitrogen and oxygen atoms in total. The van der Waals surface area contributed by atoms with Crippen LogP contribution in [0.25, 0.3) is 10.8 Å². The molecule has 1 atom stereocenters. The Kier molecular flexibility index (Phi) is 4.56. The second-order valence-corrected chi connectivity index (χ2v) is 5.30. The molecule has 1 aromatic heterocycles. The lowest BCUT2D eigenvalue weighted by atomic mass is 10.0. The van der Waals surface area contributed by atoms with Crippen LogP contribution in [0.2, 0.25) is 0 Å². The Bertz CT molecular complexity index is 858. The summed E-state index contributed by atoms with van der Waals surface area (Å²) in [6, 6.07) is 14.1. The topological polar surface area (TPSA) is 81.4 Å². The Morgan fingerprint density at radius 1 is 1.17 bits per heavy atom. The molecule has 3 rings (SSSR count). The van der Waals surface area contributed by atoms with Crippen LogP contribution in [0.1, 0.15) is 17.3 Å². The van der Waals surface area contributed by atoms with Crippen molar-refractivity contribution >= 4 is 22.6 Å². The normalized spacial score (nSPS) is 11.9. The van der Waals surface area contributed by atoms with E-state index in [9.17, 15) is 9.59 Å². The molecule has 0 fully saturated rings. The predicted molar refractivity (Wildman–Crippen MR) is 87.1 cm³/mol. The first kappa shape index (κ1) is 15.7. The van der Waals surface area contributed by atoms with Gasteiger partial charge in [0.05, 0.1) is 19.2 Å². The van der Waals surface area contributed by atoms with E-state index in [2.05, 4.69) is 10.5 Å². The summed E-state index contributed by atoms with van der Waals surface area (Å²) in [6.45, 7) is 0. The Balaban J connectivity index is 1.84. The lowest BCUT2D eigenvalue weighted by Crippen LogP contribution is -2.35. The van der Waals surface area contributed by atoms with E-state index < -0.39 is 12.0 Å². The SMILES string of the molecule is COC(=O)[C@@H](NC(=O)Cc1ccon1)c1ccc2ccccc2c1. The maximum Gasteiger partial charge on any atom is 0.333 e. The summed E-state index contributed by atoms with van der Waals surface area (Å²) in [5, 5.41) is 8.42. The number of methoxy groups -OCH3 is 1. The summed E-state index contributed by atoms with van der Waals surface area (Å²) in [6.07, 6.45) is 1.42. The van der Waals surface area contributed by atoms with Crippen molar-refractivity contribution in [1.82, 2.24) is 10.5 Å². The Morgan fingerprint density at radius 3 is 2.67 bits per heavy atom. The van der Waals surface area contributed by atoms with Gasteiger partial charge in [-0.15, -0.1) is 0 Å². The largest absolute Gasteiger partial charge is 0.467 e. The Morgan fingerprint density at radius 2 is 1.96 bits per heavy atom. The molecule has 0 saturated heterocycles. The van der Waals surface area contributed by atoms with Crippen molar-refractivity contribution in [2.24, 2.45) is 0 Å². The van der Waals surface area contributed by atoms with Crippen LogP contribution in [0.3, 0.4) is 0 Å². The van der Waals surface area contributed by atoms with Gasteiger partial charge in [0.2, 0.25) is 5.91 Å². The summed E-state index contributed by atoms with van der Waals surface area (Å²) in [5.74, 6) is -0.869. The van der Waals surface area contributed by atoms with Crippen LogP contribution < -0.4 is 5.32 Å². The third-order valence-electron chi connectivity index (χ3n) is 3.68. The molecular formula is C18H16N2O4. The number of hydrogen-bond donors (Lipinski definition) is 1. The molecule has 1 amide bonds. The molecule has 6 heteroatoms. The van der Waals surface area contributed by atoms with Gasteiger partial charge in [0.1, 0.15) is 6.26 Å². The highest BCUT2D eigenvalue weighted by Gasteiger charge is 2.24. The second kappa shape index (κ2) is 6.95. The van der Waals surface area contributed by atoms with Crippen molar-refractivity contribution in [3.63, 3.8) is 0 Å². The average Bonchev–Trinajstić information content (AvgIpc) is 3.11. The van der Waals surface area contributed by atoms with Crippen molar-refractivity contribution in [3.05, 3.63) is 66.1 Å². The van der Waals surface area contributed by atoms with Gasteiger partial charge in [-0.1, -0.05) is 41.6 Å². The molecule has 0 aliphatic carbocycles. The van der Waals surface area contributed by atoms with Crippen LogP contribution in [0.5, 0.6) is 0 Å². The molecule has 0 spiro atoms. The van der Waals surface area contributed by atoms with Crippen molar-refractivity contribution in [2.75, 3.05) is 7.11 Å². The van der Waals surface area contributed by atoms with Gasteiger partial charge >= 0.3 is 5.97 Å². The van der Waals surface area contributed by atoms with Crippen LogP contribution in [-0.2, 0) is 20.7 Å². The van der Waals surface area contributed by atoms with E-state index in [1.165, 1.54) is 13.4 Å². The summed E-state index contributed by atoms with van der Waals surface area (Å²) in [5.41, 5.74) is 1.16. The molecule has 0 radical (unpaired) electrons. The molecule has 2 aromatic carbocycles. The number of benzene rings is 2. The monoisotopic (exact) mass is 324 g/mol. The Labute approximate surface area is 138 Å². The van der Waals surface area contributed by atoms with E-state index in [1.807, 2.05) is 36.4 Å². The fraction of sp³-hybridized carbons (Fsp3) is 0.167. The first-order valence-corrected chi connectivity index (χ1v) is 7.42. The molecule has 1 N–H and O–H groups in total. The maximum absolute atomic E-state index is 12.2. The predicted octanol–water partition coefficient (Wildman–Crippen LogP) is 2.40. The van der Waals surface area contributed by atoms with E-state index in [0.29, 0.717) is 11.3 Å². The molecule has 0 saturated carbocycles. The number of carbonyl (C=O) groups is 2. The van der Waals surface area contributed by atoms with Crippen molar-refractivity contribution in [1.29, 1.82) is 0 Å². The highest BCUT2D eigenvalue weighted by Crippen LogP contribution is 2.21. The second-order valence-electron chi connectivity index (χ2n) is 5.30. The van der Waals surface area contributed by atoms with Crippen LogP contribution >= 0.6 is 0 Å². The first-order chi connectivity index (χ1) is 11.7. The summed E-state index contributed by atoms with van der Waals surface area (Å²) in [4.78, 5) is 24.3.